The minimum absolute atomic E-state index is 0.00788. The van der Waals surface area contributed by atoms with Crippen molar-refractivity contribution in [3.63, 3.8) is 0 Å². The molecule has 19 heteroatoms. The van der Waals surface area contributed by atoms with Gasteiger partial charge in [0.1, 0.15) is 0 Å². The molecule has 0 bridgehead atoms. The number of hydrogen-bond donors (Lipinski definition) is 2. The summed E-state index contributed by atoms with van der Waals surface area (Å²) in [5.74, 6) is -0.404. The van der Waals surface area contributed by atoms with Gasteiger partial charge in [0.05, 0.1) is 55.4 Å². The van der Waals surface area contributed by atoms with Crippen LogP contribution in [-0.4, -0.2) is 55.4 Å². The lowest BCUT2D eigenvalue weighted by molar-refractivity contribution is -0.394. The number of thioether (sulfide) groups is 1. The standard InChI is InChI=1S/C20H18N8O10S/c29-19(23-21-11-13-1-3-15(25(31)32)9-17(13)27(35)36)5-7-39-8-6-20(30)24-22-12-14-2-4-16(26(33)34)10-18(14)28(37)38/h1-4,9-12H,5-8H2,(H,23,29)(H,24,30)/b21-11-,22-12+. The second-order valence-electron chi connectivity index (χ2n) is 7.21. The average molecular weight is 562 g/mol. The summed E-state index contributed by atoms with van der Waals surface area (Å²) in [6.07, 6.45) is 1.99. The Balaban J connectivity index is 1.73. The molecule has 39 heavy (non-hydrogen) atoms. The molecule has 0 saturated carbocycles. The number of carbonyl (C=O) groups is 2. The van der Waals surface area contributed by atoms with E-state index in [9.17, 15) is 50.0 Å². The molecule has 0 aliphatic rings. The number of nitro groups is 4. The fourth-order valence-corrected chi connectivity index (χ4v) is 3.58. The fourth-order valence-electron chi connectivity index (χ4n) is 2.72. The van der Waals surface area contributed by atoms with E-state index in [1.807, 2.05) is 0 Å². The predicted octanol–water partition coefficient (Wildman–Crippen LogP) is 2.43. The summed E-state index contributed by atoms with van der Waals surface area (Å²) >= 11 is 1.26. The van der Waals surface area contributed by atoms with E-state index in [-0.39, 0.29) is 24.0 Å². The summed E-state index contributed by atoms with van der Waals surface area (Å²) < 4.78 is 0. The third-order valence-corrected chi connectivity index (χ3v) is 5.56. The van der Waals surface area contributed by atoms with Crippen LogP contribution in [0.25, 0.3) is 0 Å². The lowest BCUT2D eigenvalue weighted by Crippen LogP contribution is -2.19. The molecule has 0 atom stereocenters. The van der Waals surface area contributed by atoms with Gasteiger partial charge < -0.3 is 0 Å². The highest BCUT2D eigenvalue weighted by atomic mass is 32.2. The number of carbonyl (C=O) groups excluding carboxylic acids is 2. The van der Waals surface area contributed by atoms with Gasteiger partial charge in [-0.2, -0.15) is 22.0 Å². The van der Waals surface area contributed by atoms with E-state index in [0.29, 0.717) is 11.5 Å². The summed E-state index contributed by atoms with van der Waals surface area (Å²) in [7, 11) is 0. The van der Waals surface area contributed by atoms with Gasteiger partial charge in [0.15, 0.2) is 0 Å². The van der Waals surface area contributed by atoms with Crippen LogP contribution >= 0.6 is 11.8 Å². The average Bonchev–Trinajstić information content (AvgIpc) is 2.88. The third kappa shape index (κ3) is 9.57. The molecule has 2 rings (SSSR count). The molecule has 0 aromatic heterocycles. The molecule has 0 heterocycles. The number of rotatable bonds is 14. The highest BCUT2D eigenvalue weighted by Gasteiger charge is 2.19. The van der Waals surface area contributed by atoms with Gasteiger partial charge in [0.2, 0.25) is 11.8 Å². The third-order valence-electron chi connectivity index (χ3n) is 4.58. The Labute approximate surface area is 221 Å². The van der Waals surface area contributed by atoms with E-state index in [1.54, 1.807) is 0 Å². The summed E-state index contributed by atoms with van der Waals surface area (Å²) in [5.41, 5.74) is 2.24. The highest BCUT2D eigenvalue weighted by Crippen LogP contribution is 2.24. The molecule has 0 radical (unpaired) electrons. The number of non-ortho nitro benzene ring substituents is 2. The Morgan fingerprint density at radius 1 is 0.692 bits per heavy atom. The van der Waals surface area contributed by atoms with E-state index in [1.165, 1.54) is 11.8 Å². The van der Waals surface area contributed by atoms with E-state index < -0.39 is 54.3 Å². The number of nitro benzene ring substituents is 4. The second-order valence-corrected chi connectivity index (χ2v) is 8.44. The highest BCUT2D eigenvalue weighted by molar-refractivity contribution is 7.99. The zero-order valence-corrected chi connectivity index (χ0v) is 20.4. The van der Waals surface area contributed by atoms with E-state index in [0.717, 1.165) is 48.8 Å². The van der Waals surface area contributed by atoms with Crippen LogP contribution in [0.1, 0.15) is 24.0 Å². The first kappa shape index (κ1) is 29.9. The molecule has 0 spiro atoms. The zero-order valence-electron chi connectivity index (χ0n) is 19.6. The Hall–Kier alpha value is -5.33. The second kappa shape index (κ2) is 14.4. The minimum Gasteiger partial charge on any atom is -0.273 e. The molecule has 0 aliphatic carbocycles. The van der Waals surface area contributed by atoms with Crippen LogP contribution in [0.2, 0.25) is 0 Å². The van der Waals surface area contributed by atoms with Crippen molar-refractivity contribution in [1.82, 2.24) is 10.9 Å². The molecule has 18 nitrogen and oxygen atoms in total. The molecule has 0 unspecified atom stereocenters. The van der Waals surface area contributed by atoms with Gasteiger partial charge in [-0.25, -0.2) is 10.9 Å². The monoisotopic (exact) mass is 562 g/mol. The Morgan fingerprint density at radius 2 is 1.08 bits per heavy atom. The van der Waals surface area contributed by atoms with Crippen molar-refractivity contribution < 1.29 is 29.3 Å². The first-order valence-electron chi connectivity index (χ1n) is 10.6. The zero-order chi connectivity index (χ0) is 28.9. The summed E-state index contributed by atoms with van der Waals surface area (Å²) in [4.78, 5) is 64.2. The van der Waals surface area contributed by atoms with Crippen LogP contribution in [0.4, 0.5) is 22.7 Å². The molecule has 2 aromatic carbocycles. The largest absolute Gasteiger partial charge is 0.285 e. The summed E-state index contributed by atoms with van der Waals surface area (Å²) in [6.45, 7) is 0. The smallest absolute Gasteiger partial charge is 0.273 e. The van der Waals surface area contributed by atoms with E-state index in [2.05, 4.69) is 21.1 Å². The fraction of sp³-hybridized carbons (Fsp3) is 0.200. The number of nitrogens with one attached hydrogen (secondary N) is 2. The van der Waals surface area contributed by atoms with Gasteiger partial charge in [0, 0.05) is 36.5 Å². The molecular weight excluding hydrogens is 544 g/mol. The molecule has 2 N–H and O–H groups in total. The molecular formula is C20H18N8O10S. The quantitative estimate of drug-likeness (QED) is 0.146. The molecule has 2 aromatic rings. The van der Waals surface area contributed by atoms with Gasteiger partial charge in [-0.3, -0.25) is 50.0 Å². The van der Waals surface area contributed by atoms with Gasteiger partial charge >= 0.3 is 0 Å². The molecule has 2 amide bonds. The van der Waals surface area contributed by atoms with Gasteiger partial charge in [-0.15, -0.1) is 0 Å². The van der Waals surface area contributed by atoms with E-state index in [4.69, 9.17) is 0 Å². The van der Waals surface area contributed by atoms with Crippen molar-refractivity contribution >= 4 is 58.8 Å². The maximum atomic E-state index is 11.9. The number of amides is 2. The first-order valence-corrected chi connectivity index (χ1v) is 11.7. The van der Waals surface area contributed by atoms with Crippen molar-refractivity contribution in [1.29, 1.82) is 0 Å². The Morgan fingerprint density at radius 3 is 1.41 bits per heavy atom. The van der Waals surface area contributed by atoms with Gasteiger partial charge in [-0.05, 0) is 12.1 Å². The minimum atomic E-state index is -0.812. The number of hydrogen-bond acceptors (Lipinski definition) is 13. The maximum Gasteiger partial charge on any atom is 0.285 e. The molecule has 0 fully saturated rings. The number of benzene rings is 2. The number of nitrogens with zero attached hydrogens (tertiary/aromatic N) is 6. The SMILES string of the molecule is O=C(CCSCCC(=O)N/N=C/c1ccc([N+](=O)[O-])cc1[N+](=O)[O-])N/N=C\c1ccc([N+](=O)[O-])cc1[N+](=O)[O-]. The Bertz CT molecular complexity index is 1260. The lowest BCUT2D eigenvalue weighted by atomic mass is 10.2. The van der Waals surface area contributed by atoms with Gasteiger partial charge in [-0.1, -0.05) is 0 Å². The van der Waals surface area contributed by atoms with Crippen molar-refractivity contribution in [3.8, 4) is 0 Å². The van der Waals surface area contributed by atoms with E-state index >= 15 is 0 Å². The Kier molecular flexibility index (Phi) is 11.1. The van der Waals surface area contributed by atoms with Gasteiger partial charge in [0.25, 0.3) is 22.7 Å². The van der Waals surface area contributed by atoms with Crippen molar-refractivity contribution in [3.05, 3.63) is 88.0 Å². The number of hydrazone groups is 2. The van der Waals surface area contributed by atoms with Crippen LogP contribution in [0.3, 0.4) is 0 Å². The summed E-state index contributed by atoms with van der Waals surface area (Å²) in [6, 6.07) is 5.94. The molecule has 0 saturated heterocycles. The van der Waals surface area contributed by atoms with Crippen LogP contribution in [0, 0.1) is 40.5 Å². The van der Waals surface area contributed by atoms with Crippen LogP contribution < -0.4 is 10.9 Å². The predicted molar refractivity (Wildman–Crippen MR) is 138 cm³/mol. The topological polar surface area (TPSA) is 255 Å². The van der Waals surface area contributed by atoms with Crippen LogP contribution in [-0.2, 0) is 9.59 Å². The maximum absolute atomic E-state index is 11.9. The lowest BCUT2D eigenvalue weighted by Gasteiger charge is -2.02. The normalized spacial score (nSPS) is 10.9. The molecule has 204 valence electrons. The first-order chi connectivity index (χ1) is 18.5. The van der Waals surface area contributed by atoms with Crippen molar-refractivity contribution in [2.75, 3.05) is 11.5 Å². The van der Waals surface area contributed by atoms with Crippen molar-refractivity contribution in [2.45, 2.75) is 12.8 Å². The van der Waals surface area contributed by atoms with Crippen LogP contribution in [0.5, 0.6) is 0 Å². The summed E-state index contributed by atoms with van der Waals surface area (Å²) in [5, 5.41) is 50.9. The van der Waals surface area contributed by atoms with Crippen molar-refractivity contribution in [2.24, 2.45) is 10.2 Å². The molecule has 0 aliphatic heterocycles. The van der Waals surface area contributed by atoms with Crippen LogP contribution in [0.15, 0.2) is 46.6 Å².